The summed E-state index contributed by atoms with van der Waals surface area (Å²) in [5.74, 6) is 0.557. The molecule has 2 aromatic carbocycles. The van der Waals surface area contributed by atoms with Crippen molar-refractivity contribution in [3.8, 4) is 23.0 Å². The highest BCUT2D eigenvalue weighted by atomic mass is 16.6. The molecule has 10 nitrogen and oxygen atoms in total. The average Bonchev–Trinajstić information content (AvgIpc) is 3.73. The molecule has 4 aromatic rings. The molecule has 204 valence electrons. The molecular formula is C30H29N5O5. The van der Waals surface area contributed by atoms with E-state index >= 15 is 0 Å². The zero-order valence-electron chi connectivity index (χ0n) is 22.5. The van der Waals surface area contributed by atoms with Crippen molar-refractivity contribution in [1.29, 1.82) is 0 Å². The Morgan fingerprint density at radius 1 is 1.07 bits per heavy atom. The molecule has 2 aromatic heterocycles. The summed E-state index contributed by atoms with van der Waals surface area (Å²) in [7, 11) is 1.56. The fourth-order valence-corrected chi connectivity index (χ4v) is 5.82. The van der Waals surface area contributed by atoms with Crippen molar-refractivity contribution < 1.29 is 23.8 Å². The summed E-state index contributed by atoms with van der Waals surface area (Å²) in [5, 5.41) is 3.11. The summed E-state index contributed by atoms with van der Waals surface area (Å²) in [5.41, 5.74) is 2.40. The van der Waals surface area contributed by atoms with Gasteiger partial charge in [-0.15, -0.1) is 0 Å². The summed E-state index contributed by atoms with van der Waals surface area (Å²) < 4.78 is 18.7. The van der Waals surface area contributed by atoms with Gasteiger partial charge >= 0.3 is 12.1 Å². The SMILES string of the molecule is [C-]#[N+]c1c(C(=O)OC2C(C)CCC2C)c2nc(-c3ccccc3OC)[nH]n2c1OC(=O)N1CCc2ccccc21. The van der Waals surface area contributed by atoms with E-state index in [1.807, 2.05) is 42.5 Å². The van der Waals surface area contributed by atoms with Gasteiger partial charge in [-0.25, -0.2) is 23.9 Å². The molecule has 1 amide bonds. The summed E-state index contributed by atoms with van der Waals surface area (Å²) in [6.45, 7) is 12.5. The molecule has 0 spiro atoms. The highest BCUT2D eigenvalue weighted by Crippen LogP contribution is 2.42. The third-order valence-electron chi connectivity index (χ3n) is 7.92. The van der Waals surface area contributed by atoms with Crippen LogP contribution in [0.3, 0.4) is 0 Å². The standard InChI is InChI=1S/C30H29N5O5/c1-17-13-14-18(2)25(17)39-29(36)23-24(31-3)28(40-30(37)34-16-15-19-9-5-7-11-21(19)34)35-27(23)32-26(33-35)20-10-6-8-12-22(20)38-4/h5-12,17-18,25H,13-16H2,1-2,4H3,(H,32,33). The smallest absolute Gasteiger partial charge is 0.420 e. The number of nitrogens with zero attached hydrogens (tertiary/aromatic N) is 4. The molecule has 10 heteroatoms. The van der Waals surface area contributed by atoms with E-state index in [9.17, 15) is 9.59 Å². The first-order chi connectivity index (χ1) is 19.4. The fourth-order valence-electron chi connectivity index (χ4n) is 5.82. The first-order valence-electron chi connectivity index (χ1n) is 13.3. The second-order valence-corrected chi connectivity index (χ2v) is 10.4. The first kappa shape index (κ1) is 25.5. The van der Waals surface area contributed by atoms with Crippen LogP contribution in [0.25, 0.3) is 21.9 Å². The average molecular weight is 540 g/mol. The highest BCUT2D eigenvalue weighted by Gasteiger charge is 2.38. The van der Waals surface area contributed by atoms with Crippen molar-refractivity contribution in [2.45, 2.75) is 39.2 Å². The van der Waals surface area contributed by atoms with Crippen molar-refractivity contribution >= 4 is 29.1 Å². The van der Waals surface area contributed by atoms with E-state index in [4.69, 9.17) is 20.8 Å². The third-order valence-corrected chi connectivity index (χ3v) is 7.92. The minimum absolute atomic E-state index is 0.0386. The molecule has 2 atom stereocenters. The molecule has 2 aliphatic rings. The minimum Gasteiger partial charge on any atom is -0.496 e. The molecule has 0 radical (unpaired) electrons. The van der Waals surface area contributed by atoms with Gasteiger partial charge in [-0.3, -0.25) is 10.00 Å². The molecule has 1 aliphatic carbocycles. The number of hydrogen-bond donors (Lipinski definition) is 1. The number of hydrogen-bond acceptors (Lipinski definition) is 6. The zero-order chi connectivity index (χ0) is 28.0. The molecule has 0 bridgehead atoms. The topological polar surface area (TPSA) is 103 Å². The van der Waals surface area contributed by atoms with Crippen LogP contribution in [-0.4, -0.2) is 46.4 Å². The Kier molecular flexibility index (Phi) is 6.42. The second-order valence-electron chi connectivity index (χ2n) is 10.4. The summed E-state index contributed by atoms with van der Waals surface area (Å²) in [6.07, 6.45) is 1.68. The number of rotatable bonds is 5. The molecule has 6 rings (SSSR count). The van der Waals surface area contributed by atoms with Gasteiger partial charge in [0.25, 0.3) is 5.69 Å². The molecular weight excluding hydrogens is 510 g/mol. The number of anilines is 1. The van der Waals surface area contributed by atoms with Crippen LogP contribution in [0.5, 0.6) is 11.6 Å². The van der Waals surface area contributed by atoms with Crippen LogP contribution in [0.1, 0.15) is 42.6 Å². The van der Waals surface area contributed by atoms with E-state index in [2.05, 4.69) is 28.8 Å². The van der Waals surface area contributed by atoms with Gasteiger partial charge < -0.3 is 14.2 Å². The van der Waals surface area contributed by atoms with Crippen molar-refractivity contribution in [1.82, 2.24) is 14.6 Å². The summed E-state index contributed by atoms with van der Waals surface area (Å²) in [4.78, 5) is 36.9. The lowest BCUT2D eigenvalue weighted by Gasteiger charge is -2.20. The van der Waals surface area contributed by atoms with E-state index < -0.39 is 12.1 Å². The van der Waals surface area contributed by atoms with Crippen LogP contribution in [0, 0.1) is 18.4 Å². The van der Waals surface area contributed by atoms with Crippen molar-refractivity contribution in [3.05, 3.63) is 71.1 Å². The number of aromatic amines is 1. The number of carbonyl (C=O) groups excluding carboxylic acids is 2. The van der Waals surface area contributed by atoms with E-state index in [1.54, 1.807) is 13.2 Å². The lowest BCUT2D eigenvalue weighted by Crippen LogP contribution is -2.32. The van der Waals surface area contributed by atoms with Crippen LogP contribution in [-0.2, 0) is 11.2 Å². The summed E-state index contributed by atoms with van der Waals surface area (Å²) >= 11 is 0. The number of nitrogens with one attached hydrogen (secondary N) is 1. The fraction of sp³-hybridized carbons (Fsp3) is 0.333. The van der Waals surface area contributed by atoms with Crippen LogP contribution in [0.15, 0.2) is 48.5 Å². The Bertz CT molecular complexity index is 1650. The number of ether oxygens (including phenoxy) is 3. The minimum atomic E-state index is -0.666. The number of esters is 1. The normalized spacial score (nSPS) is 19.9. The van der Waals surface area contributed by atoms with Crippen LogP contribution in [0.4, 0.5) is 16.2 Å². The molecule has 40 heavy (non-hydrogen) atoms. The second kappa shape index (κ2) is 10.1. The number of fused-ring (bicyclic) bond motifs is 2. The lowest BCUT2D eigenvalue weighted by atomic mass is 10.0. The summed E-state index contributed by atoms with van der Waals surface area (Å²) in [6, 6.07) is 14.9. The van der Waals surface area contributed by atoms with Crippen molar-refractivity contribution in [3.63, 3.8) is 0 Å². The number of methoxy groups -OCH3 is 1. The number of benzene rings is 2. The molecule has 1 fully saturated rings. The number of aromatic nitrogens is 3. The largest absolute Gasteiger partial charge is 0.496 e. The molecule has 1 saturated carbocycles. The van der Waals surface area contributed by atoms with Crippen molar-refractivity contribution in [2.24, 2.45) is 11.8 Å². The van der Waals surface area contributed by atoms with Gasteiger partial charge in [-0.05, 0) is 54.9 Å². The maximum atomic E-state index is 13.7. The lowest BCUT2D eigenvalue weighted by molar-refractivity contribution is 0.0122. The number of para-hydroxylation sites is 2. The molecule has 1 N–H and O–H groups in total. The predicted octanol–water partition coefficient (Wildman–Crippen LogP) is 6.04. The van der Waals surface area contributed by atoms with Gasteiger partial charge in [0.05, 0.1) is 24.9 Å². The van der Waals surface area contributed by atoms with Crippen LogP contribution in [0.2, 0.25) is 0 Å². The van der Waals surface area contributed by atoms with Gasteiger partial charge in [0.15, 0.2) is 11.5 Å². The third kappa shape index (κ3) is 4.14. The number of carbonyl (C=O) groups is 2. The Morgan fingerprint density at radius 3 is 2.55 bits per heavy atom. The molecule has 1 aliphatic heterocycles. The van der Waals surface area contributed by atoms with E-state index in [1.165, 1.54) is 9.42 Å². The van der Waals surface area contributed by atoms with Gasteiger partial charge in [0.2, 0.25) is 5.88 Å². The molecule has 2 unspecified atom stereocenters. The van der Waals surface area contributed by atoms with Gasteiger partial charge in [0, 0.05) is 6.54 Å². The maximum absolute atomic E-state index is 13.7. The predicted molar refractivity (Wildman–Crippen MR) is 148 cm³/mol. The van der Waals surface area contributed by atoms with Crippen LogP contribution >= 0.6 is 0 Å². The van der Waals surface area contributed by atoms with E-state index in [-0.39, 0.29) is 40.7 Å². The van der Waals surface area contributed by atoms with Gasteiger partial charge in [-0.2, -0.15) is 0 Å². The first-order valence-corrected chi connectivity index (χ1v) is 13.3. The quantitative estimate of drug-likeness (QED) is 0.245. The van der Waals surface area contributed by atoms with Crippen molar-refractivity contribution in [2.75, 3.05) is 18.6 Å². The maximum Gasteiger partial charge on any atom is 0.420 e. The zero-order valence-corrected chi connectivity index (χ0v) is 22.5. The van der Waals surface area contributed by atoms with Gasteiger partial charge in [0.1, 0.15) is 17.4 Å². The van der Waals surface area contributed by atoms with Gasteiger partial charge in [-0.1, -0.05) is 44.2 Å². The monoisotopic (exact) mass is 539 g/mol. The van der Waals surface area contributed by atoms with Crippen LogP contribution < -0.4 is 14.4 Å². The Balaban J connectivity index is 1.45. The van der Waals surface area contributed by atoms with E-state index in [0.29, 0.717) is 30.1 Å². The Morgan fingerprint density at radius 2 is 1.80 bits per heavy atom. The Labute approximate surface area is 231 Å². The molecule has 3 heterocycles. The number of amides is 1. The molecule has 0 saturated heterocycles. The van der Waals surface area contributed by atoms with E-state index in [0.717, 1.165) is 24.1 Å². The highest BCUT2D eigenvalue weighted by molar-refractivity contribution is 6.05. The Hall–Kier alpha value is -4.78. The number of H-pyrrole nitrogens is 1.